The van der Waals surface area contributed by atoms with Gasteiger partial charge < -0.3 is 0 Å². The molecule has 110 valence electrons. The summed E-state index contributed by atoms with van der Waals surface area (Å²) in [6, 6.07) is 5.58. The van der Waals surface area contributed by atoms with Gasteiger partial charge in [0, 0.05) is 18.1 Å². The van der Waals surface area contributed by atoms with Crippen molar-refractivity contribution in [1.29, 1.82) is 0 Å². The maximum atomic E-state index is 4.27. The third kappa shape index (κ3) is 3.08. The standard InChI is InChI=1S/C13H13N9/c1-9-7-10(2)22(21-9)13-19-17-12(18-20-13)16-15-8-11-3-5-14-6-4-11/h3-8H,1-2H3,(H,16,17,18)/b15-8+. The molecule has 3 aromatic rings. The smallest absolute Gasteiger partial charge is 0.265 e. The van der Waals surface area contributed by atoms with Crippen LogP contribution >= 0.6 is 0 Å². The van der Waals surface area contributed by atoms with Crippen LogP contribution in [0.2, 0.25) is 0 Å². The predicted octanol–water partition coefficient (Wildman–Crippen LogP) is 0.910. The molecule has 0 amide bonds. The molecule has 9 nitrogen and oxygen atoms in total. The normalized spacial score (nSPS) is 11.0. The number of nitrogens with one attached hydrogen (secondary N) is 1. The van der Waals surface area contributed by atoms with Crippen LogP contribution in [0.5, 0.6) is 0 Å². The second-order valence-electron chi connectivity index (χ2n) is 4.51. The van der Waals surface area contributed by atoms with Gasteiger partial charge in [-0.1, -0.05) is 0 Å². The summed E-state index contributed by atoms with van der Waals surface area (Å²) >= 11 is 0. The zero-order chi connectivity index (χ0) is 15.4. The van der Waals surface area contributed by atoms with Gasteiger partial charge in [-0.2, -0.15) is 10.2 Å². The molecule has 0 unspecified atom stereocenters. The van der Waals surface area contributed by atoms with Gasteiger partial charge >= 0.3 is 0 Å². The van der Waals surface area contributed by atoms with Crippen molar-refractivity contribution in [2.75, 3.05) is 5.43 Å². The van der Waals surface area contributed by atoms with Gasteiger partial charge in [-0.25, -0.2) is 10.1 Å². The molecule has 0 aliphatic heterocycles. The first kappa shape index (κ1) is 13.7. The Kier molecular flexibility index (Phi) is 3.77. The molecule has 0 saturated heterocycles. The lowest BCUT2D eigenvalue weighted by Gasteiger charge is -2.01. The first-order chi connectivity index (χ1) is 10.7. The molecule has 3 rings (SSSR count). The molecule has 0 radical (unpaired) electrons. The van der Waals surface area contributed by atoms with Crippen LogP contribution in [0, 0.1) is 13.8 Å². The molecule has 0 atom stereocenters. The summed E-state index contributed by atoms with van der Waals surface area (Å²) < 4.78 is 1.58. The number of anilines is 1. The molecule has 0 fully saturated rings. The minimum Gasteiger partial charge on any atom is -0.265 e. The molecule has 0 aromatic carbocycles. The molecule has 0 aliphatic carbocycles. The van der Waals surface area contributed by atoms with E-state index in [2.05, 4.69) is 41.0 Å². The van der Waals surface area contributed by atoms with Crippen molar-refractivity contribution in [3.63, 3.8) is 0 Å². The van der Waals surface area contributed by atoms with Gasteiger partial charge in [-0.15, -0.1) is 20.4 Å². The molecule has 1 N–H and O–H groups in total. The van der Waals surface area contributed by atoms with E-state index in [1.165, 1.54) is 0 Å². The quantitative estimate of drug-likeness (QED) is 0.563. The van der Waals surface area contributed by atoms with E-state index in [-0.39, 0.29) is 5.95 Å². The van der Waals surface area contributed by atoms with Crippen LogP contribution < -0.4 is 5.43 Å². The lowest BCUT2D eigenvalue weighted by molar-refractivity contribution is 0.711. The largest absolute Gasteiger partial charge is 0.289 e. The Balaban J connectivity index is 1.69. The molecular weight excluding hydrogens is 282 g/mol. The maximum absolute atomic E-state index is 4.27. The molecule has 9 heteroatoms. The van der Waals surface area contributed by atoms with Gasteiger partial charge in [0.1, 0.15) is 0 Å². The lowest BCUT2D eigenvalue weighted by atomic mass is 10.3. The summed E-state index contributed by atoms with van der Waals surface area (Å²) in [5.41, 5.74) is 5.36. The van der Waals surface area contributed by atoms with Gasteiger partial charge in [-0.05, 0) is 37.6 Å². The Labute approximate surface area is 126 Å². The number of rotatable bonds is 4. The average Bonchev–Trinajstić information content (AvgIpc) is 2.88. The summed E-state index contributed by atoms with van der Waals surface area (Å²) in [5.74, 6) is 0.518. The summed E-state index contributed by atoms with van der Waals surface area (Å²) in [6.07, 6.45) is 4.99. The SMILES string of the molecule is Cc1cc(C)n(-c2nnc(N/N=C/c3ccncc3)nn2)n1. The highest BCUT2D eigenvalue weighted by Gasteiger charge is 2.07. The van der Waals surface area contributed by atoms with Crippen LogP contribution in [0.25, 0.3) is 5.95 Å². The van der Waals surface area contributed by atoms with Gasteiger partial charge in [0.15, 0.2) is 0 Å². The van der Waals surface area contributed by atoms with E-state index in [4.69, 9.17) is 0 Å². The Morgan fingerprint density at radius 2 is 1.82 bits per heavy atom. The molecule has 0 saturated carbocycles. The van der Waals surface area contributed by atoms with Crippen molar-refractivity contribution in [3.8, 4) is 5.95 Å². The fourth-order valence-corrected chi connectivity index (χ4v) is 1.80. The van der Waals surface area contributed by atoms with E-state index in [1.807, 2.05) is 32.0 Å². The third-order valence-corrected chi connectivity index (χ3v) is 2.75. The molecule has 0 bridgehead atoms. The number of hydrogen-bond donors (Lipinski definition) is 1. The van der Waals surface area contributed by atoms with Crippen LogP contribution in [-0.2, 0) is 0 Å². The predicted molar refractivity (Wildman–Crippen MR) is 79.7 cm³/mol. The average molecular weight is 295 g/mol. The van der Waals surface area contributed by atoms with Crippen LogP contribution in [-0.4, -0.2) is 41.4 Å². The topological polar surface area (TPSA) is 107 Å². The second kappa shape index (κ2) is 6.04. The maximum Gasteiger partial charge on any atom is 0.289 e. The summed E-state index contributed by atoms with van der Waals surface area (Å²) in [6.45, 7) is 3.81. The number of aryl methyl sites for hydroxylation is 2. The van der Waals surface area contributed by atoms with Crippen molar-refractivity contribution >= 4 is 12.2 Å². The number of aromatic nitrogens is 7. The van der Waals surface area contributed by atoms with E-state index in [9.17, 15) is 0 Å². The molecule has 3 aromatic heterocycles. The van der Waals surface area contributed by atoms with E-state index in [0.717, 1.165) is 17.0 Å². The van der Waals surface area contributed by atoms with Crippen LogP contribution in [0.15, 0.2) is 35.7 Å². The van der Waals surface area contributed by atoms with Crippen molar-refractivity contribution in [1.82, 2.24) is 35.2 Å². The number of hydrogen-bond acceptors (Lipinski definition) is 8. The van der Waals surface area contributed by atoms with Gasteiger partial charge in [-0.3, -0.25) is 4.98 Å². The highest BCUT2D eigenvalue weighted by molar-refractivity contribution is 5.79. The first-order valence-electron chi connectivity index (χ1n) is 6.52. The molecule has 0 spiro atoms. The Bertz CT molecular complexity index is 777. The van der Waals surface area contributed by atoms with Crippen molar-refractivity contribution in [3.05, 3.63) is 47.5 Å². The Hall–Kier alpha value is -3.23. The van der Waals surface area contributed by atoms with E-state index in [1.54, 1.807) is 23.3 Å². The summed E-state index contributed by atoms with van der Waals surface area (Å²) in [7, 11) is 0. The monoisotopic (exact) mass is 295 g/mol. The second-order valence-corrected chi connectivity index (χ2v) is 4.51. The molecule has 22 heavy (non-hydrogen) atoms. The number of hydrazone groups is 1. The fraction of sp³-hybridized carbons (Fsp3) is 0.154. The summed E-state index contributed by atoms with van der Waals surface area (Å²) in [5, 5.41) is 24.1. The van der Waals surface area contributed by atoms with E-state index < -0.39 is 0 Å². The first-order valence-corrected chi connectivity index (χ1v) is 6.52. The van der Waals surface area contributed by atoms with Crippen LogP contribution in [0.1, 0.15) is 17.0 Å². The highest BCUT2D eigenvalue weighted by atomic mass is 15.5. The van der Waals surface area contributed by atoms with Gasteiger partial charge in [0.2, 0.25) is 0 Å². The van der Waals surface area contributed by atoms with Gasteiger partial charge in [0.25, 0.3) is 11.9 Å². The fourth-order valence-electron chi connectivity index (χ4n) is 1.80. The minimum absolute atomic E-state index is 0.204. The molecular formula is C13H13N9. The summed E-state index contributed by atoms with van der Waals surface area (Å²) in [4.78, 5) is 3.92. The van der Waals surface area contributed by atoms with Crippen LogP contribution in [0.3, 0.4) is 0 Å². The molecule has 3 heterocycles. The van der Waals surface area contributed by atoms with E-state index >= 15 is 0 Å². The van der Waals surface area contributed by atoms with Crippen molar-refractivity contribution in [2.45, 2.75) is 13.8 Å². The van der Waals surface area contributed by atoms with Gasteiger partial charge in [0.05, 0.1) is 11.9 Å². The Morgan fingerprint density at radius 1 is 1.09 bits per heavy atom. The number of pyridine rings is 1. The Morgan fingerprint density at radius 3 is 2.45 bits per heavy atom. The van der Waals surface area contributed by atoms with Crippen molar-refractivity contribution < 1.29 is 0 Å². The van der Waals surface area contributed by atoms with E-state index in [0.29, 0.717) is 5.95 Å². The molecule has 0 aliphatic rings. The lowest BCUT2D eigenvalue weighted by Crippen LogP contribution is -2.10. The van der Waals surface area contributed by atoms with Crippen molar-refractivity contribution in [2.24, 2.45) is 5.10 Å². The minimum atomic E-state index is 0.204. The third-order valence-electron chi connectivity index (χ3n) is 2.75. The van der Waals surface area contributed by atoms with Crippen LogP contribution in [0.4, 0.5) is 5.95 Å². The zero-order valence-electron chi connectivity index (χ0n) is 12.0. The highest BCUT2D eigenvalue weighted by Crippen LogP contribution is 2.06. The zero-order valence-corrected chi connectivity index (χ0v) is 12.0. The number of nitrogens with zero attached hydrogens (tertiary/aromatic N) is 8.